The standard InChI is InChI=1S/C10H10O2/c1-6-9(11)7-4-2-3-5-8(7)10(6)12/h2-5,9,11-12H,1H3/t9-/m1/s1. The maximum Gasteiger partial charge on any atom is 0.125 e. The third-order valence-corrected chi connectivity index (χ3v) is 2.29. The summed E-state index contributed by atoms with van der Waals surface area (Å²) in [5, 5.41) is 19.1. The van der Waals surface area contributed by atoms with Crippen molar-refractivity contribution in [3.63, 3.8) is 0 Å². The van der Waals surface area contributed by atoms with E-state index in [1.54, 1.807) is 6.92 Å². The quantitative estimate of drug-likeness (QED) is 0.612. The third-order valence-electron chi connectivity index (χ3n) is 2.29. The first-order valence-corrected chi connectivity index (χ1v) is 3.89. The minimum absolute atomic E-state index is 0.220. The van der Waals surface area contributed by atoms with Crippen molar-refractivity contribution in [3.05, 3.63) is 41.0 Å². The minimum atomic E-state index is -0.624. The monoisotopic (exact) mass is 162 g/mol. The van der Waals surface area contributed by atoms with Gasteiger partial charge in [0.1, 0.15) is 11.9 Å². The fourth-order valence-corrected chi connectivity index (χ4v) is 1.53. The molecule has 1 aliphatic carbocycles. The summed E-state index contributed by atoms with van der Waals surface area (Å²) in [6.45, 7) is 1.74. The Morgan fingerprint density at radius 1 is 1.25 bits per heavy atom. The first kappa shape index (κ1) is 7.37. The summed E-state index contributed by atoms with van der Waals surface area (Å²) >= 11 is 0. The SMILES string of the molecule is CC1=C(O)c2ccccc2[C@@H]1O. The molecule has 1 aromatic carbocycles. The highest BCUT2D eigenvalue weighted by Crippen LogP contribution is 2.37. The van der Waals surface area contributed by atoms with Gasteiger partial charge in [0.15, 0.2) is 0 Å². The van der Waals surface area contributed by atoms with E-state index in [0.717, 1.165) is 11.1 Å². The van der Waals surface area contributed by atoms with Gasteiger partial charge in [-0.15, -0.1) is 0 Å². The number of hydrogen-bond donors (Lipinski definition) is 2. The lowest BCUT2D eigenvalue weighted by Crippen LogP contribution is -1.93. The van der Waals surface area contributed by atoms with Crippen molar-refractivity contribution in [1.29, 1.82) is 0 Å². The second kappa shape index (κ2) is 2.35. The first-order chi connectivity index (χ1) is 5.72. The number of rotatable bonds is 0. The molecular formula is C10H10O2. The predicted molar refractivity (Wildman–Crippen MR) is 46.6 cm³/mol. The Morgan fingerprint density at radius 3 is 2.58 bits per heavy atom. The van der Waals surface area contributed by atoms with Crippen molar-refractivity contribution >= 4 is 5.76 Å². The second-order valence-electron chi connectivity index (χ2n) is 3.02. The van der Waals surface area contributed by atoms with Gasteiger partial charge < -0.3 is 10.2 Å². The van der Waals surface area contributed by atoms with Crippen molar-refractivity contribution in [3.8, 4) is 0 Å². The largest absolute Gasteiger partial charge is 0.507 e. The summed E-state index contributed by atoms with van der Waals surface area (Å²) in [5.74, 6) is 0.220. The first-order valence-electron chi connectivity index (χ1n) is 3.89. The highest BCUT2D eigenvalue weighted by molar-refractivity contribution is 5.71. The van der Waals surface area contributed by atoms with Crippen LogP contribution in [0.2, 0.25) is 0 Å². The highest BCUT2D eigenvalue weighted by atomic mass is 16.3. The Balaban J connectivity index is 2.65. The summed E-state index contributed by atoms with van der Waals surface area (Å²) in [7, 11) is 0. The van der Waals surface area contributed by atoms with Crippen LogP contribution in [0.1, 0.15) is 24.2 Å². The maximum atomic E-state index is 9.60. The van der Waals surface area contributed by atoms with Crippen LogP contribution in [0.5, 0.6) is 0 Å². The lowest BCUT2D eigenvalue weighted by molar-refractivity contribution is 0.218. The maximum absolute atomic E-state index is 9.60. The van der Waals surface area contributed by atoms with Crippen molar-refractivity contribution < 1.29 is 10.2 Å². The summed E-state index contributed by atoms with van der Waals surface area (Å²) in [4.78, 5) is 0. The second-order valence-corrected chi connectivity index (χ2v) is 3.02. The molecule has 2 rings (SSSR count). The van der Waals surface area contributed by atoms with Crippen LogP contribution < -0.4 is 0 Å². The zero-order valence-electron chi connectivity index (χ0n) is 6.78. The van der Waals surface area contributed by atoms with E-state index in [4.69, 9.17) is 0 Å². The van der Waals surface area contributed by atoms with Gasteiger partial charge in [-0.3, -0.25) is 0 Å². The van der Waals surface area contributed by atoms with E-state index in [1.807, 2.05) is 24.3 Å². The summed E-state index contributed by atoms with van der Waals surface area (Å²) < 4.78 is 0. The Labute approximate surface area is 70.8 Å². The average Bonchev–Trinajstić information content (AvgIpc) is 2.33. The molecule has 1 aromatic rings. The van der Waals surface area contributed by atoms with Gasteiger partial charge >= 0.3 is 0 Å². The van der Waals surface area contributed by atoms with E-state index in [-0.39, 0.29) is 5.76 Å². The Hall–Kier alpha value is -1.28. The Morgan fingerprint density at radius 2 is 1.92 bits per heavy atom. The van der Waals surface area contributed by atoms with Gasteiger partial charge in [-0.25, -0.2) is 0 Å². The molecule has 0 aromatic heterocycles. The van der Waals surface area contributed by atoms with E-state index in [0.29, 0.717) is 5.57 Å². The van der Waals surface area contributed by atoms with Crippen LogP contribution in [0.3, 0.4) is 0 Å². The van der Waals surface area contributed by atoms with E-state index < -0.39 is 6.10 Å². The molecule has 2 nitrogen and oxygen atoms in total. The molecule has 0 heterocycles. The van der Waals surface area contributed by atoms with Crippen LogP contribution in [0.15, 0.2) is 29.8 Å². The third kappa shape index (κ3) is 0.786. The average molecular weight is 162 g/mol. The van der Waals surface area contributed by atoms with Crippen LogP contribution in [-0.4, -0.2) is 10.2 Å². The zero-order chi connectivity index (χ0) is 8.72. The van der Waals surface area contributed by atoms with Crippen LogP contribution >= 0.6 is 0 Å². The lowest BCUT2D eigenvalue weighted by Gasteiger charge is -2.03. The van der Waals surface area contributed by atoms with Crippen LogP contribution in [0.4, 0.5) is 0 Å². The predicted octanol–water partition coefficient (Wildman–Crippen LogP) is 2.02. The molecule has 0 unspecified atom stereocenters. The molecule has 1 atom stereocenters. The van der Waals surface area contributed by atoms with Crippen LogP contribution in [0, 0.1) is 0 Å². The molecule has 0 saturated heterocycles. The van der Waals surface area contributed by atoms with Crippen LogP contribution in [0.25, 0.3) is 5.76 Å². The lowest BCUT2D eigenvalue weighted by atomic mass is 10.1. The van der Waals surface area contributed by atoms with Gasteiger partial charge in [0, 0.05) is 11.1 Å². The van der Waals surface area contributed by atoms with Crippen molar-refractivity contribution in [2.45, 2.75) is 13.0 Å². The number of benzene rings is 1. The Bertz CT molecular complexity index is 353. The molecule has 12 heavy (non-hydrogen) atoms. The Kier molecular flexibility index (Phi) is 1.45. The normalized spacial score (nSPS) is 21.3. The van der Waals surface area contributed by atoms with Crippen molar-refractivity contribution in [2.75, 3.05) is 0 Å². The van der Waals surface area contributed by atoms with E-state index in [1.165, 1.54) is 0 Å². The zero-order valence-corrected chi connectivity index (χ0v) is 6.78. The number of fused-ring (bicyclic) bond motifs is 1. The van der Waals surface area contributed by atoms with Gasteiger partial charge in [-0.05, 0) is 12.5 Å². The molecule has 0 bridgehead atoms. The van der Waals surface area contributed by atoms with E-state index >= 15 is 0 Å². The number of aliphatic hydroxyl groups is 2. The van der Waals surface area contributed by atoms with Gasteiger partial charge in [-0.2, -0.15) is 0 Å². The highest BCUT2D eigenvalue weighted by Gasteiger charge is 2.25. The van der Waals surface area contributed by atoms with E-state index in [9.17, 15) is 10.2 Å². The van der Waals surface area contributed by atoms with Crippen LogP contribution in [-0.2, 0) is 0 Å². The van der Waals surface area contributed by atoms with Crippen molar-refractivity contribution in [2.24, 2.45) is 0 Å². The topological polar surface area (TPSA) is 40.5 Å². The molecule has 0 radical (unpaired) electrons. The molecule has 0 amide bonds. The summed E-state index contributed by atoms with van der Waals surface area (Å²) in [6.07, 6.45) is -0.624. The molecule has 0 aliphatic heterocycles. The number of aliphatic hydroxyl groups excluding tert-OH is 2. The molecular weight excluding hydrogens is 152 g/mol. The fraction of sp³-hybridized carbons (Fsp3) is 0.200. The molecule has 2 heteroatoms. The summed E-state index contributed by atoms with van der Waals surface area (Å²) in [5.41, 5.74) is 2.19. The number of hydrogen-bond acceptors (Lipinski definition) is 2. The molecule has 0 fully saturated rings. The van der Waals surface area contributed by atoms with Gasteiger partial charge in [0.05, 0.1) is 0 Å². The molecule has 62 valence electrons. The summed E-state index contributed by atoms with van der Waals surface area (Å²) in [6, 6.07) is 7.34. The molecule has 0 saturated carbocycles. The van der Waals surface area contributed by atoms with Gasteiger partial charge in [0.25, 0.3) is 0 Å². The molecule has 1 aliphatic rings. The van der Waals surface area contributed by atoms with Gasteiger partial charge in [0.2, 0.25) is 0 Å². The van der Waals surface area contributed by atoms with Crippen molar-refractivity contribution in [1.82, 2.24) is 0 Å². The van der Waals surface area contributed by atoms with Gasteiger partial charge in [-0.1, -0.05) is 24.3 Å². The smallest absolute Gasteiger partial charge is 0.125 e. The molecule has 2 N–H and O–H groups in total. The fourth-order valence-electron chi connectivity index (χ4n) is 1.53. The molecule has 0 spiro atoms. The van der Waals surface area contributed by atoms with E-state index in [2.05, 4.69) is 0 Å². The minimum Gasteiger partial charge on any atom is -0.507 e.